The molecule has 0 aliphatic heterocycles. The maximum Gasteiger partial charge on any atom is 0.234 e. The van der Waals surface area contributed by atoms with Gasteiger partial charge in [-0.3, -0.25) is 4.79 Å². The number of aromatic nitrogens is 1. The zero-order valence-corrected chi connectivity index (χ0v) is 13.3. The summed E-state index contributed by atoms with van der Waals surface area (Å²) in [5.74, 6) is 1.14. The molecule has 0 radical (unpaired) electrons. The van der Waals surface area contributed by atoms with Crippen LogP contribution in [0.25, 0.3) is 0 Å². The Hall–Kier alpha value is -2.47. The van der Waals surface area contributed by atoms with E-state index in [9.17, 15) is 9.18 Å². The zero-order valence-electron chi connectivity index (χ0n) is 13.3. The first-order valence-corrected chi connectivity index (χ1v) is 8.05. The van der Waals surface area contributed by atoms with Crippen LogP contribution in [0.2, 0.25) is 0 Å². The minimum Gasteiger partial charge on any atom is -0.439 e. The van der Waals surface area contributed by atoms with E-state index in [1.165, 1.54) is 25.0 Å². The maximum atomic E-state index is 13.1. The second kappa shape index (κ2) is 7.88. The molecule has 2 N–H and O–H groups in total. The molecule has 126 valence electrons. The van der Waals surface area contributed by atoms with Crippen LogP contribution in [0.1, 0.15) is 18.4 Å². The largest absolute Gasteiger partial charge is 0.439 e. The lowest BCUT2D eigenvalue weighted by atomic mass is 10.3. The van der Waals surface area contributed by atoms with Crippen molar-refractivity contribution in [2.75, 3.05) is 13.1 Å². The molecule has 24 heavy (non-hydrogen) atoms. The Bertz CT molecular complexity index is 687. The molecule has 0 saturated heterocycles. The highest BCUT2D eigenvalue weighted by Crippen LogP contribution is 2.27. The summed E-state index contributed by atoms with van der Waals surface area (Å²) < 4.78 is 18.6. The molecule has 1 heterocycles. The molecule has 2 aromatic rings. The van der Waals surface area contributed by atoms with E-state index in [0.717, 1.165) is 18.0 Å². The fourth-order valence-corrected chi connectivity index (χ4v) is 2.20. The Labute approximate surface area is 140 Å². The second-order valence-electron chi connectivity index (χ2n) is 5.92. The van der Waals surface area contributed by atoms with E-state index in [1.54, 1.807) is 24.4 Å². The van der Waals surface area contributed by atoms with Crippen LogP contribution in [0.15, 0.2) is 42.6 Å². The molecule has 0 atom stereocenters. The van der Waals surface area contributed by atoms with Gasteiger partial charge in [-0.05, 0) is 43.0 Å². The van der Waals surface area contributed by atoms with Crippen LogP contribution in [-0.4, -0.2) is 24.0 Å². The van der Waals surface area contributed by atoms with Gasteiger partial charge in [-0.25, -0.2) is 9.37 Å². The van der Waals surface area contributed by atoms with Gasteiger partial charge < -0.3 is 15.4 Å². The van der Waals surface area contributed by atoms with Crippen molar-refractivity contribution < 1.29 is 13.9 Å². The van der Waals surface area contributed by atoms with Crippen molar-refractivity contribution in [1.29, 1.82) is 0 Å². The summed E-state index contributed by atoms with van der Waals surface area (Å²) in [6, 6.07) is 9.40. The molecule has 1 aromatic carbocycles. The maximum absolute atomic E-state index is 13.1. The first kappa shape index (κ1) is 16.4. The topological polar surface area (TPSA) is 63.2 Å². The van der Waals surface area contributed by atoms with Gasteiger partial charge in [0.15, 0.2) is 0 Å². The normalized spacial score (nSPS) is 13.5. The summed E-state index contributed by atoms with van der Waals surface area (Å²) >= 11 is 0. The minimum atomic E-state index is -0.359. The number of carbonyl (C=O) groups is 1. The van der Waals surface area contributed by atoms with Crippen LogP contribution >= 0.6 is 0 Å². The summed E-state index contributed by atoms with van der Waals surface area (Å²) in [6.07, 6.45) is 4.17. The monoisotopic (exact) mass is 329 g/mol. The van der Waals surface area contributed by atoms with Crippen LogP contribution in [0.5, 0.6) is 11.6 Å². The summed E-state index contributed by atoms with van der Waals surface area (Å²) in [4.78, 5) is 15.9. The van der Waals surface area contributed by atoms with Gasteiger partial charge in [0, 0.05) is 24.9 Å². The van der Waals surface area contributed by atoms with Gasteiger partial charge in [0.25, 0.3) is 0 Å². The average molecular weight is 329 g/mol. The van der Waals surface area contributed by atoms with Crippen molar-refractivity contribution >= 4 is 5.91 Å². The SMILES string of the molecule is O=C(CNCC1CC1)NCc1ccc(Oc2cccc(F)c2)nc1. The molecular formula is C18H20FN3O2. The highest BCUT2D eigenvalue weighted by Gasteiger charge is 2.20. The molecule has 0 spiro atoms. The second-order valence-corrected chi connectivity index (χ2v) is 5.92. The average Bonchev–Trinajstić information content (AvgIpc) is 3.39. The van der Waals surface area contributed by atoms with Crippen molar-refractivity contribution in [3.63, 3.8) is 0 Å². The molecule has 1 amide bonds. The molecule has 0 unspecified atom stereocenters. The quantitative estimate of drug-likeness (QED) is 0.781. The number of pyridine rings is 1. The Balaban J connectivity index is 1.42. The Morgan fingerprint density at radius 2 is 2.17 bits per heavy atom. The number of nitrogens with zero attached hydrogens (tertiary/aromatic N) is 1. The van der Waals surface area contributed by atoms with Crippen molar-refractivity contribution in [2.24, 2.45) is 5.92 Å². The van der Waals surface area contributed by atoms with Gasteiger partial charge in [0.05, 0.1) is 6.54 Å². The van der Waals surface area contributed by atoms with Gasteiger partial charge >= 0.3 is 0 Å². The summed E-state index contributed by atoms with van der Waals surface area (Å²) in [5.41, 5.74) is 0.872. The Morgan fingerprint density at radius 1 is 1.29 bits per heavy atom. The first-order valence-electron chi connectivity index (χ1n) is 8.05. The number of hydrogen-bond donors (Lipinski definition) is 2. The third-order valence-corrected chi connectivity index (χ3v) is 3.72. The van der Waals surface area contributed by atoms with Crippen LogP contribution in [-0.2, 0) is 11.3 Å². The molecule has 6 heteroatoms. The van der Waals surface area contributed by atoms with E-state index in [4.69, 9.17) is 4.74 Å². The number of ether oxygens (including phenoxy) is 1. The lowest BCUT2D eigenvalue weighted by Gasteiger charge is -2.08. The summed E-state index contributed by atoms with van der Waals surface area (Å²) in [6.45, 7) is 1.67. The number of halogens is 1. The zero-order chi connectivity index (χ0) is 16.8. The third kappa shape index (κ3) is 5.31. The predicted molar refractivity (Wildman–Crippen MR) is 88.2 cm³/mol. The molecule has 1 aliphatic carbocycles. The van der Waals surface area contributed by atoms with Gasteiger partial charge in [-0.2, -0.15) is 0 Å². The standard InChI is InChI=1S/C18H20FN3O2/c19-15-2-1-3-16(8-15)24-18-7-6-14(11-22-18)10-21-17(23)12-20-9-13-4-5-13/h1-3,6-8,11,13,20H,4-5,9-10,12H2,(H,21,23). The smallest absolute Gasteiger partial charge is 0.234 e. The molecule has 1 aromatic heterocycles. The molecule has 3 rings (SSSR count). The lowest BCUT2D eigenvalue weighted by molar-refractivity contribution is -0.120. The molecule has 5 nitrogen and oxygen atoms in total. The third-order valence-electron chi connectivity index (χ3n) is 3.72. The van der Waals surface area contributed by atoms with Gasteiger partial charge in [0.1, 0.15) is 11.6 Å². The number of benzene rings is 1. The van der Waals surface area contributed by atoms with E-state index in [1.807, 2.05) is 6.07 Å². The number of nitrogens with one attached hydrogen (secondary N) is 2. The molecule has 1 saturated carbocycles. The molecule has 1 aliphatic rings. The van der Waals surface area contributed by atoms with Crippen LogP contribution < -0.4 is 15.4 Å². The van der Waals surface area contributed by atoms with E-state index in [0.29, 0.717) is 24.7 Å². The van der Waals surface area contributed by atoms with Gasteiger partial charge in [-0.15, -0.1) is 0 Å². The first-order chi connectivity index (χ1) is 11.7. The number of hydrogen-bond acceptors (Lipinski definition) is 4. The Kier molecular flexibility index (Phi) is 5.38. The predicted octanol–water partition coefficient (Wildman–Crippen LogP) is 2.63. The Morgan fingerprint density at radius 3 is 2.88 bits per heavy atom. The highest BCUT2D eigenvalue weighted by atomic mass is 19.1. The van der Waals surface area contributed by atoms with Crippen LogP contribution in [0.3, 0.4) is 0 Å². The van der Waals surface area contributed by atoms with Crippen LogP contribution in [0.4, 0.5) is 4.39 Å². The number of rotatable bonds is 8. The fourth-order valence-electron chi connectivity index (χ4n) is 2.20. The fraction of sp³-hybridized carbons (Fsp3) is 0.333. The van der Waals surface area contributed by atoms with Gasteiger partial charge in [0.2, 0.25) is 11.8 Å². The molecule has 0 bridgehead atoms. The lowest BCUT2D eigenvalue weighted by Crippen LogP contribution is -2.34. The highest BCUT2D eigenvalue weighted by molar-refractivity contribution is 5.77. The van der Waals surface area contributed by atoms with E-state index in [-0.39, 0.29) is 11.7 Å². The molecular weight excluding hydrogens is 309 g/mol. The van der Waals surface area contributed by atoms with Crippen molar-refractivity contribution in [3.8, 4) is 11.6 Å². The number of carbonyl (C=O) groups excluding carboxylic acids is 1. The van der Waals surface area contributed by atoms with Crippen molar-refractivity contribution in [1.82, 2.24) is 15.6 Å². The minimum absolute atomic E-state index is 0.0317. The summed E-state index contributed by atoms with van der Waals surface area (Å²) in [5, 5.41) is 5.98. The van der Waals surface area contributed by atoms with E-state index in [2.05, 4.69) is 15.6 Å². The number of amides is 1. The van der Waals surface area contributed by atoms with Crippen molar-refractivity contribution in [2.45, 2.75) is 19.4 Å². The summed E-state index contributed by atoms with van der Waals surface area (Å²) in [7, 11) is 0. The van der Waals surface area contributed by atoms with E-state index >= 15 is 0 Å². The van der Waals surface area contributed by atoms with E-state index < -0.39 is 0 Å². The van der Waals surface area contributed by atoms with Gasteiger partial charge in [-0.1, -0.05) is 12.1 Å². The van der Waals surface area contributed by atoms with Crippen molar-refractivity contribution in [3.05, 3.63) is 54.0 Å². The molecule has 1 fully saturated rings. The van der Waals surface area contributed by atoms with Crippen LogP contribution in [0, 0.1) is 11.7 Å².